The van der Waals surface area contributed by atoms with E-state index in [9.17, 15) is 4.79 Å². The summed E-state index contributed by atoms with van der Waals surface area (Å²) in [5, 5.41) is 5.33. The smallest absolute Gasteiger partial charge is 0.254 e. The maximum Gasteiger partial charge on any atom is 0.254 e. The lowest BCUT2D eigenvalue weighted by molar-refractivity contribution is 0.0646. The van der Waals surface area contributed by atoms with Gasteiger partial charge in [-0.2, -0.15) is 4.98 Å². The molecule has 1 amide bonds. The van der Waals surface area contributed by atoms with Crippen LogP contribution in [0.5, 0.6) is 5.75 Å². The summed E-state index contributed by atoms with van der Waals surface area (Å²) in [7, 11) is 0. The van der Waals surface area contributed by atoms with Gasteiger partial charge in [-0.1, -0.05) is 59.5 Å². The number of carbonyl (C=O) groups is 1. The number of hydrogen-bond acceptors (Lipinski definition) is 5. The third kappa shape index (κ3) is 6.21. The van der Waals surface area contributed by atoms with Gasteiger partial charge in [0.1, 0.15) is 18.9 Å². The van der Waals surface area contributed by atoms with E-state index in [1.54, 1.807) is 35.2 Å². The first-order valence-electron chi connectivity index (χ1n) is 11.3. The largest absolute Gasteiger partial charge is 0.489 e. The molecule has 3 aromatic carbocycles. The molecule has 4 aromatic rings. The van der Waals surface area contributed by atoms with Gasteiger partial charge in [-0.15, -0.1) is 0 Å². The summed E-state index contributed by atoms with van der Waals surface area (Å²) in [6.45, 7) is 4.52. The predicted molar refractivity (Wildman–Crippen MR) is 137 cm³/mol. The van der Waals surface area contributed by atoms with E-state index in [2.05, 4.69) is 10.1 Å². The molecule has 0 aliphatic rings. The summed E-state index contributed by atoms with van der Waals surface area (Å²) in [4.78, 5) is 19.7. The Balaban J connectivity index is 1.50. The SMILES string of the molecule is CC[C@H](C)N(Cc1nc(-c2ccc(Cl)cc2)no1)C(=O)c1cccc(OCc2ccccc2Cl)c1. The molecule has 6 nitrogen and oxygen atoms in total. The van der Waals surface area contributed by atoms with Crippen molar-refractivity contribution in [2.45, 2.75) is 39.5 Å². The Morgan fingerprint density at radius 3 is 2.57 bits per heavy atom. The van der Waals surface area contributed by atoms with Crippen molar-refractivity contribution in [3.05, 3.63) is 99.9 Å². The Morgan fingerprint density at radius 2 is 1.83 bits per heavy atom. The van der Waals surface area contributed by atoms with Crippen molar-refractivity contribution < 1.29 is 14.1 Å². The van der Waals surface area contributed by atoms with Crippen LogP contribution in [0.25, 0.3) is 11.4 Å². The molecular formula is C27H25Cl2N3O3. The van der Waals surface area contributed by atoms with E-state index in [-0.39, 0.29) is 18.5 Å². The minimum atomic E-state index is -0.145. The lowest BCUT2D eigenvalue weighted by Gasteiger charge is -2.27. The van der Waals surface area contributed by atoms with Gasteiger partial charge in [-0.05, 0) is 61.9 Å². The highest BCUT2D eigenvalue weighted by Gasteiger charge is 2.24. The van der Waals surface area contributed by atoms with E-state index >= 15 is 0 Å². The van der Waals surface area contributed by atoms with E-state index in [4.69, 9.17) is 32.5 Å². The van der Waals surface area contributed by atoms with E-state index in [1.165, 1.54) is 0 Å². The highest BCUT2D eigenvalue weighted by atomic mass is 35.5. The van der Waals surface area contributed by atoms with Crippen molar-refractivity contribution in [2.75, 3.05) is 0 Å². The van der Waals surface area contributed by atoms with Gasteiger partial charge in [0.05, 0.1) is 0 Å². The van der Waals surface area contributed by atoms with Crippen molar-refractivity contribution in [3.8, 4) is 17.1 Å². The highest BCUT2D eigenvalue weighted by Crippen LogP contribution is 2.23. The predicted octanol–water partition coefficient (Wildman–Crippen LogP) is 7.06. The molecule has 1 atom stereocenters. The average Bonchev–Trinajstić information content (AvgIpc) is 3.35. The van der Waals surface area contributed by atoms with E-state index in [0.29, 0.717) is 39.7 Å². The summed E-state index contributed by atoms with van der Waals surface area (Å²) in [6.07, 6.45) is 0.770. The Hall–Kier alpha value is -3.35. The zero-order valence-corrected chi connectivity index (χ0v) is 21.0. The minimum Gasteiger partial charge on any atom is -0.489 e. The summed E-state index contributed by atoms with van der Waals surface area (Å²) < 4.78 is 11.4. The second kappa shape index (κ2) is 11.4. The monoisotopic (exact) mass is 509 g/mol. The molecule has 35 heavy (non-hydrogen) atoms. The van der Waals surface area contributed by atoms with E-state index in [1.807, 2.05) is 56.3 Å². The second-order valence-electron chi connectivity index (χ2n) is 8.12. The summed E-state index contributed by atoms with van der Waals surface area (Å²) in [6, 6.07) is 21.8. The average molecular weight is 510 g/mol. The Labute approximate surface area is 214 Å². The van der Waals surface area contributed by atoms with Crippen molar-refractivity contribution in [1.82, 2.24) is 15.0 Å². The Bertz CT molecular complexity index is 1290. The Morgan fingerprint density at radius 1 is 1.06 bits per heavy atom. The van der Waals surface area contributed by atoms with Crippen molar-refractivity contribution in [3.63, 3.8) is 0 Å². The lowest BCUT2D eigenvalue weighted by atomic mass is 10.1. The number of rotatable bonds is 9. The molecule has 1 heterocycles. The zero-order valence-electron chi connectivity index (χ0n) is 19.4. The molecule has 0 saturated carbocycles. The van der Waals surface area contributed by atoms with Gasteiger partial charge in [0.2, 0.25) is 11.7 Å². The zero-order chi connectivity index (χ0) is 24.8. The van der Waals surface area contributed by atoms with Crippen LogP contribution in [0.4, 0.5) is 0 Å². The third-order valence-electron chi connectivity index (χ3n) is 5.69. The number of nitrogens with zero attached hydrogens (tertiary/aromatic N) is 3. The molecular weight excluding hydrogens is 485 g/mol. The number of amides is 1. The molecule has 0 aliphatic carbocycles. The normalized spacial score (nSPS) is 11.8. The fraction of sp³-hybridized carbons (Fsp3) is 0.222. The molecule has 8 heteroatoms. The molecule has 0 unspecified atom stereocenters. The maximum absolute atomic E-state index is 13.5. The van der Waals surface area contributed by atoms with Crippen LogP contribution in [0.2, 0.25) is 10.0 Å². The van der Waals surface area contributed by atoms with Crippen molar-refractivity contribution in [2.24, 2.45) is 0 Å². The molecule has 0 aliphatic heterocycles. The molecule has 0 spiro atoms. The van der Waals surface area contributed by atoms with E-state index < -0.39 is 0 Å². The van der Waals surface area contributed by atoms with Gasteiger partial charge in [-0.25, -0.2) is 0 Å². The minimum absolute atomic E-state index is 0.0407. The third-order valence-corrected chi connectivity index (χ3v) is 6.31. The molecule has 0 saturated heterocycles. The van der Waals surface area contributed by atoms with Crippen molar-refractivity contribution >= 4 is 29.1 Å². The van der Waals surface area contributed by atoms with Crippen LogP contribution in [-0.2, 0) is 13.2 Å². The van der Waals surface area contributed by atoms with Crippen LogP contribution in [0, 0.1) is 0 Å². The highest BCUT2D eigenvalue weighted by molar-refractivity contribution is 6.31. The molecule has 0 N–H and O–H groups in total. The van der Waals surface area contributed by atoms with Gasteiger partial charge < -0.3 is 14.2 Å². The number of aromatic nitrogens is 2. The first-order valence-corrected chi connectivity index (χ1v) is 12.1. The fourth-order valence-electron chi connectivity index (χ4n) is 3.49. The quantitative estimate of drug-likeness (QED) is 0.241. The fourth-order valence-corrected chi connectivity index (χ4v) is 3.81. The standard InChI is InChI=1S/C27H25Cl2N3O3/c1-3-18(2)32(16-25-30-26(31-35-25)19-11-13-22(28)14-12-19)27(33)20-8-6-9-23(15-20)34-17-21-7-4-5-10-24(21)29/h4-15,18H,3,16-17H2,1-2H3/t18-/m0/s1. The molecule has 0 bridgehead atoms. The van der Waals surface area contributed by atoms with Crippen LogP contribution in [0.3, 0.4) is 0 Å². The maximum atomic E-state index is 13.5. The number of hydrogen-bond donors (Lipinski definition) is 0. The Kier molecular flexibility index (Phi) is 8.06. The second-order valence-corrected chi connectivity index (χ2v) is 8.96. The number of carbonyl (C=O) groups excluding carboxylic acids is 1. The van der Waals surface area contributed by atoms with Crippen LogP contribution in [0.15, 0.2) is 77.3 Å². The van der Waals surface area contributed by atoms with E-state index in [0.717, 1.165) is 17.5 Å². The van der Waals surface area contributed by atoms with Gasteiger partial charge in [0.15, 0.2) is 0 Å². The molecule has 0 fully saturated rings. The number of benzene rings is 3. The summed E-state index contributed by atoms with van der Waals surface area (Å²) in [5.41, 5.74) is 2.17. The van der Waals surface area contributed by atoms with Crippen LogP contribution in [0.1, 0.15) is 42.1 Å². The molecule has 0 radical (unpaired) electrons. The van der Waals surface area contributed by atoms with Crippen molar-refractivity contribution in [1.29, 1.82) is 0 Å². The first kappa shape index (κ1) is 24.8. The summed E-state index contributed by atoms with van der Waals surface area (Å²) >= 11 is 12.2. The van der Waals surface area contributed by atoms with Gasteiger partial charge in [0.25, 0.3) is 5.91 Å². The van der Waals surface area contributed by atoms with Gasteiger partial charge in [-0.3, -0.25) is 4.79 Å². The number of halogens is 2. The topological polar surface area (TPSA) is 68.5 Å². The molecule has 4 rings (SSSR count). The van der Waals surface area contributed by atoms with Crippen LogP contribution >= 0.6 is 23.2 Å². The van der Waals surface area contributed by atoms with Gasteiger partial charge >= 0.3 is 0 Å². The summed E-state index contributed by atoms with van der Waals surface area (Å²) in [5.74, 6) is 1.24. The van der Waals surface area contributed by atoms with Crippen LogP contribution in [-0.4, -0.2) is 27.0 Å². The van der Waals surface area contributed by atoms with Crippen LogP contribution < -0.4 is 4.74 Å². The molecule has 180 valence electrons. The molecule has 1 aromatic heterocycles. The first-order chi connectivity index (χ1) is 16.9. The lowest BCUT2D eigenvalue weighted by Crippen LogP contribution is -2.37. The van der Waals surface area contributed by atoms with Gasteiger partial charge in [0, 0.05) is 32.8 Å². The number of ether oxygens (including phenoxy) is 1.